The van der Waals surface area contributed by atoms with Crippen LogP contribution < -0.4 is 14.8 Å². The van der Waals surface area contributed by atoms with Crippen molar-refractivity contribution in [1.29, 1.82) is 0 Å². The second-order valence-electron chi connectivity index (χ2n) is 4.72. The molecule has 0 aromatic heterocycles. The highest BCUT2D eigenvalue weighted by atomic mass is 32.2. The minimum Gasteiger partial charge on any atom is -0.495 e. The van der Waals surface area contributed by atoms with E-state index in [1.54, 1.807) is 18.9 Å². The van der Waals surface area contributed by atoms with Crippen LogP contribution in [0.25, 0.3) is 0 Å². The highest BCUT2D eigenvalue weighted by molar-refractivity contribution is 7.98. The van der Waals surface area contributed by atoms with Crippen LogP contribution in [0.1, 0.15) is 5.56 Å². The van der Waals surface area contributed by atoms with Crippen molar-refractivity contribution in [3.8, 4) is 11.5 Å². The van der Waals surface area contributed by atoms with E-state index in [4.69, 9.17) is 9.47 Å². The molecule has 4 nitrogen and oxygen atoms in total. The van der Waals surface area contributed by atoms with Crippen molar-refractivity contribution in [1.82, 2.24) is 0 Å². The molecule has 116 valence electrons. The summed E-state index contributed by atoms with van der Waals surface area (Å²) in [6, 6.07) is 13.2. The molecule has 0 saturated heterocycles. The lowest BCUT2D eigenvalue weighted by Crippen LogP contribution is -2.20. The van der Waals surface area contributed by atoms with E-state index in [1.165, 1.54) is 0 Å². The topological polar surface area (TPSA) is 47.6 Å². The third-order valence-electron chi connectivity index (χ3n) is 3.06. The van der Waals surface area contributed by atoms with Gasteiger partial charge in [-0.25, -0.2) is 0 Å². The lowest BCUT2D eigenvalue weighted by Gasteiger charge is -2.11. The second-order valence-corrected chi connectivity index (χ2v) is 5.60. The monoisotopic (exact) mass is 317 g/mol. The summed E-state index contributed by atoms with van der Waals surface area (Å²) >= 11 is 1.66. The molecule has 0 saturated carbocycles. The number of carbonyl (C=O) groups excluding carboxylic acids is 1. The number of methoxy groups -OCH3 is 1. The Bertz CT molecular complexity index is 641. The third kappa shape index (κ3) is 4.43. The Morgan fingerprint density at radius 3 is 2.55 bits per heavy atom. The zero-order chi connectivity index (χ0) is 15.9. The largest absolute Gasteiger partial charge is 0.495 e. The van der Waals surface area contributed by atoms with E-state index < -0.39 is 0 Å². The summed E-state index contributed by atoms with van der Waals surface area (Å²) < 4.78 is 10.7. The Morgan fingerprint density at radius 1 is 1.18 bits per heavy atom. The zero-order valence-electron chi connectivity index (χ0n) is 12.9. The standard InChI is InChI=1S/C17H19NO3S/c1-12-4-9-16(20-2)15(10-12)18-17(19)11-21-13-5-7-14(22-3)8-6-13/h4-10H,11H2,1-3H3,(H,18,19). The molecule has 0 aliphatic heterocycles. The van der Waals surface area contributed by atoms with Crippen molar-refractivity contribution in [3.05, 3.63) is 48.0 Å². The molecule has 0 spiro atoms. The molecule has 0 atom stereocenters. The van der Waals surface area contributed by atoms with E-state index in [0.717, 1.165) is 10.5 Å². The van der Waals surface area contributed by atoms with Gasteiger partial charge in [0.15, 0.2) is 6.61 Å². The minimum absolute atomic E-state index is 0.0459. The molecule has 0 unspecified atom stereocenters. The smallest absolute Gasteiger partial charge is 0.262 e. The molecule has 1 N–H and O–H groups in total. The predicted octanol–water partition coefficient (Wildman–Crippen LogP) is 3.74. The maximum atomic E-state index is 12.0. The third-order valence-corrected chi connectivity index (χ3v) is 3.80. The predicted molar refractivity (Wildman–Crippen MR) is 90.1 cm³/mol. The molecular weight excluding hydrogens is 298 g/mol. The maximum absolute atomic E-state index is 12.0. The molecule has 0 aliphatic carbocycles. The SMILES string of the molecule is COc1ccc(C)cc1NC(=O)COc1ccc(SC)cc1. The van der Waals surface area contributed by atoms with Gasteiger partial charge in [0.2, 0.25) is 0 Å². The van der Waals surface area contributed by atoms with Crippen LogP contribution in [0, 0.1) is 6.92 Å². The second kappa shape index (κ2) is 7.75. The summed E-state index contributed by atoms with van der Waals surface area (Å²) in [5.41, 5.74) is 1.69. The van der Waals surface area contributed by atoms with Crippen LogP contribution in [0.3, 0.4) is 0 Å². The maximum Gasteiger partial charge on any atom is 0.262 e. The number of hydrogen-bond donors (Lipinski definition) is 1. The molecule has 0 heterocycles. The summed E-state index contributed by atoms with van der Waals surface area (Å²) in [5.74, 6) is 1.07. The van der Waals surface area contributed by atoms with E-state index in [0.29, 0.717) is 17.2 Å². The fraction of sp³-hybridized carbons (Fsp3) is 0.235. The molecular formula is C17H19NO3S. The number of aryl methyl sites for hydroxylation is 1. The van der Waals surface area contributed by atoms with Crippen molar-refractivity contribution in [2.45, 2.75) is 11.8 Å². The Morgan fingerprint density at radius 2 is 1.91 bits per heavy atom. The van der Waals surface area contributed by atoms with Crippen molar-refractivity contribution >= 4 is 23.4 Å². The molecule has 2 aromatic rings. The van der Waals surface area contributed by atoms with Crippen LogP contribution in [0.15, 0.2) is 47.4 Å². The normalized spacial score (nSPS) is 10.1. The van der Waals surface area contributed by atoms with Crippen LogP contribution in [0.2, 0.25) is 0 Å². The summed E-state index contributed by atoms with van der Waals surface area (Å²) in [6.45, 7) is 1.91. The number of thioether (sulfide) groups is 1. The lowest BCUT2D eigenvalue weighted by molar-refractivity contribution is -0.118. The molecule has 22 heavy (non-hydrogen) atoms. The summed E-state index contributed by atoms with van der Waals surface area (Å²) in [6.07, 6.45) is 2.01. The number of ether oxygens (including phenoxy) is 2. The Kier molecular flexibility index (Phi) is 5.72. The summed E-state index contributed by atoms with van der Waals surface area (Å²) in [4.78, 5) is 13.1. The lowest BCUT2D eigenvalue weighted by atomic mass is 10.2. The molecule has 0 aliphatic rings. The average Bonchev–Trinajstić information content (AvgIpc) is 2.53. The van der Waals surface area contributed by atoms with E-state index >= 15 is 0 Å². The first kappa shape index (κ1) is 16.2. The number of benzene rings is 2. The van der Waals surface area contributed by atoms with Gasteiger partial charge < -0.3 is 14.8 Å². The van der Waals surface area contributed by atoms with Gasteiger partial charge >= 0.3 is 0 Å². The van der Waals surface area contributed by atoms with Crippen molar-refractivity contribution in [2.24, 2.45) is 0 Å². The number of carbonyl (C=O) groups is 1. The molecule has 5 heteroatoms. The van der Waals surface area contributed by atoms with Gasteiger partial charge in [-0.05, 0) is 55.1 Å². The highest BCUT2D eigenvalue weighted by Gasteiger charge is 2.08. The van der Waals surface area contributed by atoms with Crippen molar-refractivity contribution in [2.75, 3.05) is 25.3 Å². The average molecular weight is 317 g/mol. The van der Waals surface area contributed by atoms with Crippen LogP contribution in [-0.2, 0) is 4.79 Å². The van der Waals surface area contributed by atoms with Gasteiger partial charge in [0.1, 0.15) is 11.5 Å². The minimum atomic E-state index is -0.224. The van der Waals surface area contributed by atoms with Crippen molar-refractivity contribution in [3.63, 3.8) is 0 Å². The Hall–Kier alpha value is -2.14. The van der Waals surface area contributed by atoms with Crippen LogP contribution >= 0.6 is 11.8 Å². The van der Waals surface area contributed by atoms with E-state index in [9.17, 15) is 4.79 Å². The van der Waals surface area contributed by atoms with E-state index in [1.807, 2.05) is 55.6 Å². The van der Waals surface area contributed by atoms with Crippen LogP contribution in [0.4, 0.5) is 5.69 Å². The quantitative estimate of drug-likeness (QED) is 0.825. The fourth-order valence-corrected chi connectivity index (χ4v) is 2.33. The van der Waals surface area contributed by atoms with E-state index in [2.05, 4.69) is 5.32 Å². The van der Waals surface area contributed by atoms with Gasteiger partial charge in [0.05, 0.1) is 12.8 Å². The van der Waals surface area contributed by atoms with E-state index in [-0.39, 0.29) is 12.5 Å². The molecule has 0 radical (unpaired) electrons. The van der Waals surface area contributed by atoms with Gasteiger partial charge in [-0.2, -0.15) is 0 Å². The zero-order valence-corrected chi connectivity index (χ0v) is 13.7. The van der Waals surface area contributed by atoms with Gasteiger partial charge in [0.25, 0.3) is 5.91 Å². The first-order valence-electron chi connectivity index (χ1n) is 6.83. The van der Waals surface area contributed by atoms with Crippen molar-refractivity contribution < 1.29 is 14.3 Å². The summed E-state index contributed by atoms with van der Waals surface area (Å²) in [7, 11) is 1.57. The highest BCUT2D eigenvalue weighted by Crippen LogP contribution is 2.25. The Labute approximate surface area is 134 Å². The van der Waals surface area contributed by atoms with Crippen LogP contribution in [0.5, 0.6) is 11.5 Å². The number of rotatable bonds is 6. The number of nitrogens with one attached hydrogen (secondary N) is 1. The van der Waals surface area contributed by atoms with Gasteiger partial charge in [-0.1, -0.05) is 6.07 Å². The van der Waals surface area contributed by atoms with Gasteiger partial charge in [-0.15, -0.1) is 11.8 Å². The van der Waals surface area contributed by atoms with Crippen LogP contribution in [-0.4, -0.2) is 25.9 Å². The molecule has 0 fully saturated rings. The first-order chi connectivity index (χ1) is 10.6. The number of hydrogen-bond acceptors (Lipinski definition) is 4. The molecule has 2 rings (SSSR count). The van der Waals surface area contributed by atoms with Gasteiger partial charge in [0, 0.05) is 4.90 Å². The molecule has 2 aromatic carbocycles. The summed E-state index contributed by atoms with van der Waals surface area (Å²) in [5, 5.41) is 2.80. The Balaban J connectivity index is 1.94. The number of anilines is 1. The first-order valence-corrected chi connectivity index (χ1v) is 8.06. The molecule has 0 bridgehead atoms. The molecule has 1 amide bonds. The van der Waals surface area contributed by atoms with Gasteiger partial charge in [-0.3, -0.25) is 4.79 Å². The number of amides is 1. The fourth-order valence-electron chi connectivity index (χ4n) is 1.93.